The van der Waals surface area contributed by atoms with Gasteiger partial charge in [0, 0.05) is 38.6 Å². The topological polar surface area (TPSA) is 48.5 Å². The SMILES string of the molecule is O=C(Nc1ccc(N2CCN(Cc3ccccc3)CC2)nc1)C1CC1. The number of aromatic nitrogens is 1. The number of carbonyl (C=O) groups excluding carboxylic acids is 1. The predicted molar refractivity (Wildman–Crippen MR) is 99.5 cm³/mol. The Morgan fingerprint density at radius 3 is 2.44 bits per heavy atom. The van der Waals surface area contributed by atoms with Crippen LogP contribution in [0.5, 0.6) is 0 Å². The summed E-state index contributed by atoms with van der Waals surface area (Å²) < 4.78 is 0. The molecule has 1 aliphatic carbocycles. The molecule has 1 aromatic carbocycles. The largest absolute Gasteiger partial charge is 0.354 e. The van der Waals surface area contributed by atoms with E-state index >= 15 is 0 Å². The van der Waals surface area contributed by atoms with Gasteiger partial charge in [-0.2, -0.15) is 0 Å². The molecular weight excluding hydrogens is 312 g/mol. The van der Waals surface area contributed by atoms with Gasteiger partial charge in [0.05, 0.1) is 11.9 Å². The molecule has 2 aliphatic rings. The van der Waals surface area contributed by atoms with Crippen LogP contribution in [0.1, 0.15) is 18.4 Å². The van der Waals surface area contributed by atoms with E-state index in [1.165, 1.54) is 5.56 Å². The summed E-state index contributed by atoms with van der Waals surface area (Å²) in [5.74, 6) is 1.34. The molecule has 5 nitrogen and oxygen atoms in total. The van der Waals surface area contributed by atoms with E-state index in [9.17, 15) is 4.79 Å². The Balaban J connectivity index is 1.29. The van der Waals surface area contributed by atoms with Crippen molar-refractivity contribution in [3.05, 3.63) is 54.2 Å². The third-order valence-corrected chi connectivity index (χ3v) is 4.91. The van der Waals surface area contributed by atoms with Crippen LogP contribution in [-0.4, -0.2) is 42.0 Å². The zero-order chi connectivity index (χ0) is 17.1. The fourth-order valence-electron chi connectivity index (χ4n) is 3.21. The van der Waals surface area contributed by atoms with Crippen molar-refractivity contribution in [2.24, 2.45) is 5.92 Å². The van der Waals surface area contributed by atoms with Crippen molar-refractivity contribution in [3.8, 4) is 0 Å². The van der Waals surface area contributed by atoms with E-state index in [4.69, 9.17) is 0 Å². The van der Waals surface area contributed by atoms with Gasteiger partial charge < -0.3 is 10.2 Å². The minimum Gasteiger partial charge on any atom is -0.354 e. The number of hydrogen-bond acceptors (Lipinski definition) is 4. The Labute approximate surface area is 148 Å². The highest BCUT2D eigenvalue weighted by Crippen LogP contribution is 2.30. The Hall–Kier alpha value is -2.40. The van der Waals surface area contributed by atoms with E-state index in [0.29, 0.717) is 0 Å². The molecular formula is C20H24N4O. The van der Waals surface area contributed by atoms with Crippen LogP contribution >= 0.6 is 0 Å². The van der Waals surface area contributed by atoms with Crippen LogP contribution in [0.4, 0.5) is 11.5 Å². The van der Waals surface area contributed by atoms with Gasteiger partial charge in [-0.15, -0.1) is 0 Å². The maximum atomic E-state index is 11.8. The molecule has 1 aromatic heterocycles. The standard InChI is InChI=1S/C20H24N4O/c25-20(17-6-7-17)22-18-8-9-19(21-14-18)24-12-10-23(11-13-24)15-16-4-2-1-3-5-16/h1-5,8-9,14,17H,6-7,10-13,15H2,(H,22,25). The highest BCUT2D eigenvalue weighted by Gasteiger charge is 2.29. The Kier molecular flexibility index (Phi) is 4.65. The number of nitrogens with one attached hydrogen (secondary N) is 1. The number of nitrogens with zero attached hydrogens (tertiary/aromatic N) is 3. The first-order valence-electron chi connectivity index (χ1n) is 9.06. The second-order valence-electron chi connectivity index (χ2n) is 6.92. The van der Waals surface area contributed by atoms with Gasteiger partial charge in [-0.25, -0.2) is 4.98 Å². The van der Waals surface area contributed by atoms with Crippen molar-refractivity contribution in [2.75, 3.05) is 36.4 Å². The van der Waals surface area contributed by atoms with E-state index in [2.05, 4.69) is 50.4 Å². The molecule has 1 amide bonds. The quantitative estimate of drug-likeness (QED) is 0.912. The molecule has 0 unspecified atom stereocenters. The van der Waals surface area contributed by atoms with Crippen LogP contribution in [0.3, 0.4) is 0 Å². The van der Waals surface area contributed by atoms with Crippen LogP contribution in [0.25, 0.3) is 0 Å². The molecule has 0 spiro atoms. The lowest BCUT2D eigenvalue weighted by Gasteiger charge is -2.35. The third-order valence-electron chi connectivity index (χ3n) is 4.91. The van der Waals surface area contributed by atoms with Crippen LogP contribution in [-0.2, 0) is 11.3 Å². The molecule has 25 heavy (non-hydrogen) atoms. The lowest BCUT2D eigenvalue weighted by atomic mass is 10.2. The number of rotatable bonds is 5. The summed E-state index contributed by atoms with van der Waals surface area (Å²) in [5.41, 5.74) is 2.16. The molecule has 5 heteroatoms. The zero-order valence-electron chi connectivity index (χ0n) is 14.4. The molecule has 1 aliphatic heterocycles. The number of anilines is 2. The Morgan fingerprint density at radius 2 is 1.80 bits per heavy atom. The molecule has 2 aromatic rings. The molecule has 0 bridgehead atoms. The molecule has 0 atom stereocenters. The average Bonchev–Trinajstić information content (AvgIpc) is 3.49. The van der Waals surface area contributed by atoms with Crippen LogP contribution in [0, 0.1) is 5.92 Å². The number of amides is 1. The summed E-state index contributed by atoms with van der Waals surface area (Å²) in [7, 11) is 0. The van der Waals surface area contributed by atoms with Crippen molar-refractivity contribution < 1.29 is 4.79 Å². The van der Waals surface area contributed by atoms with Gasteiger partial charge in [-0.3, -0.25) is 9.69 Å². The van der Waals surface area contributed by atoms with Crippen molar-refractivity contribution in [1.29, 1.82) is 0 Å². The minimum absolute atomic E-state index is 0.129. The van der Waals surface area contributed by atoms with E-state index in [1.54, 1.807) is 6.20 Å². The maximum Gasteiger partial charge on any atom is 0.227 e. The highest BCUT2D eigenvalue weighted by atomic mass is 16.2. The predicted octanol–water partition coefficient (Wildman–Crippen LogP) is 2.75. The highest BCUT2D eigenvalue weighted by molar-refractivity contribution is 5.93. The number of pyridine rings is 1. The van der Waals surface area contributed by atoms with Crippen molar-refractivity contribution >= 4 is 17.4 Å². The minimum atomic E-state index is 0.129. The van der Waals surface area contributed by atoms with Crippen molar-refractivity contribution in [2.45, 2.75) is 19.4 Å². The first kappa shape index (κ1) is 16.1. The fraction of sp³-hybridized carbons (Fsp3) is 0.400. The van der Waals surface area contributed by atoms with Gasteiger partial charge in [0.1, 0.15) is 5.82 Å². The summed E-state index contributed by atoms with van der Waals surface area (Å²) in [5, 5.41) is 2.94. The summed E-state index contributed by atoms with van der Waals surface area (Å²) in [6.07, 6.45) is 3.81. The third kappa shape index (κ3) is 4.17. The maximum absolute atomic E-state index is 11.8. The van der Waals surface area contributed by atoms with Crippen LogP contribution in [0.2, 0.25) is 0 Å². The monoisotopic (exact) mass is 336 g/mol. The van der Waals surface area contributed by atoms with Crippen molar-refractivity contribution in [3.63, 3.8) is 0 Å². The van der Waals surface area contributed by atoms with Gasteiger partial charge in [0.15, 0.2) is 0 Å². The summed E-state index contributed by atoms with van der Waals surface area (Å²) >= 11 is 0. The van der Waals surface area contributed by atoms with Gasteiger partial charge in [0.25, 0.3) is 0 Å². The summed E-state index contributed by atoms with van der Waals surface area (Å²) in [6, 6.07) is 14.6. The second kappa shape index (κ2) is 7.23. The molecule has 2 fully saturated rings. The molecule has 1 N–H and O–H groups in total. The average molecular weight is 336 g/mol. The molecule has 4 rings (SSSR count). The van der Waals surface area contributed by atoms with E-state index < -0.39 is 0 Å². The van der Waals surface area contributed by atoms with Crippen LogP contribution in [0.15, 0.2) is 48.7 Å². The first-order chi connectivity index (χ1) is 12.3. The normalized spacial score (nSPS) is 18.2. The lowest BCUT2D eigenvalue weighted by molar-refractivity contribution is -0.117. The molecule has 1 saturated heterocycles. The molecule has 130 valence electrons. The summed E-state index contributed by atoms with van der Waals surface area (Å²) in [6.45, 7) is 5.04. The molecule has 2 heterocycles. The molecule has 1 saturated carbocycles. The van der Waals surface area contributed by atoms with Gasteiger partial charge in [0.2, 0.25) is 5.91 Å². The van der Waals surface area contributed by atoms with Crippen molar-refractivity contribution in [1.82, 2.24) is 9.88 Å². The smallest absolute Gasteiger partial charge is 0.227 e. The number of carbonyl (C=O) groups is 1. The molecule has 0 radical (unpaired) electrons. The summed E-state index contributed by atoms with van der Waals surface area (Å²) in [4.78, 5) is 21.1. The number of piperazine rings is 1. The van der Waals surface area contributed by atoms with E-state index in [1.807, 2.05) is 12.1 Å². The van der Waals surface area contributed by atoms with Gasteiger partial charge in [-0.1, -0.05) is 30.3 Å². The van der Waals surface area contributed by atoms with E-state index in [-0.39, 0.29) is 11.8 Å². The van der Waals surface area contributed by atoms with Gasteiger partial charge in [-0.05, 0) is 30.5 Å². The van der Waals surface area contributed by atoms with Crippen LogP contribution < -0.4 is 10.2 Å². The fourth-order valence-corrected chi connectivity index (χ4v) is 3.21. The number of benzene rings is 1. The van der Waals surface area contributed by atoms with Gasteiger partial charge >= 0.3 is 0 Å². The number of hydrogen-bond donors (Lipinski definition) is 1. The second-order valence-corrected chi connectivity index (χ2v) is 6.92. The zero-order valence-corrected chi connectivity index (χ0v) is 14.4. The Morgan fingerprint density at radius 1 is 1.04 bits per heavy atom. The first-order valence-corrected chi connectivity index (χ1v) is 9.06. The lowest BCUT2D eigenvalue weighted by Crippen LogP contribution is -2.46. The van der Waals surface area contributed by atoms with E-state index in [0.717, 1.165) is 57.1 Å². The Bertz CT molecular complexity index is 704.